The number of imidazole rings is 1. The lowest BCUT2D eigenvalue weighted by molar-refractivity contribution is 0.652. The van der Waals surface area contributed by atoms with Gasteiger partial charge < -0.3 is 4.57 Å². The molecule has 0 unspecified atom stereocenters. The number of benzene rings is 7. The third-order valence-electron chi connectivity index (χ3n) is 13.4. The lowest BCUT2D eigenvalue weighted by Gasteiger charge is -2.24. The van der Waals surface area contributed by atoms with Gasteiger partial charge in [0, 0.05) is 44.6 Å². The number of pyridine rings is 1. The summed E-state index contributed by atoms with van der Waals surface area (Å²) in [5, 5.41) is 2.58. The Morgan fingerprint density at radius 2 is 0.948 bits per heavy atom. The van der Waals surface area contributed by atoms with Crippen molar-refractivity contribution in [2.75, 3.05) is 0 Å². The fraction of sp³-hybridized carbons (Fsp3) is 0.109. The van der Waals surface area contributed by atoms with Gasteiger partial charge in [-0.2, -0.15) is 0 Å². The molecule has 10 aromatic rings. The fourth-order valence-electron chi connectivity index (χ4n) is 10.4. The van der Waals surface area contributed by atoms with Crippen LogP contribution in [0.25, 0.3) is 89.0 Å². The smallest absolute Gasteiger partial charge is 0.137 e. The Morgan fingerprint density at radius 3 is 1.62 bits per heavy atom. The van der Waals surface area contributed by atoms with Crippen LogP contribution in [0.4, 0.5) is 0 Å². The Balaban J connectivity index is 0.913. The van der Waals surface area contributed by atoms with Gasteiger partial charge in [0.2, 0.25) is 0 Å². The number of rotatable bonds is 4. The van der Waals surface area contributed by atoms with Crippen LogP contribution in [0.3, 0.4) is 0 Å². The predicted octanol–water partition coefficient (Wildman–Crippen LogP) is 14.0. The highest BCUT2D eigenvalue weighted by molar-refractivity contribution is 6.09. The molecule has 0 fully saturated rings. The molecular weight excluding hydrogens is 703 g/mol. The first kappa shape index (κ1) is 33.2. The molecule has 0 radical (unpaired) electrons. The van der Waals surface area contributed by atoms with Crippen molar-refractivity contribution in [2.24, 2.45) is 0 Å². The zero-order valence-electron chi connectivity index (χ0n) is 33.1. The first-order chi connectivity index (χ1) is 28.3. The van der Waals surface area contributed by atoms with E-state index in [1.165, 1.54) is 83.1 Å². The van der Waals surface area contributed by atoms with Crippen LogP contribution in [0.1, 0.15) is 49.9 Å². The summed E-state index contributed by atoms with van der Waals surface area (Å²) in [6, 6.07) is 62.6. The van der Waals surface area contributed by atoms with Gasteiger partial charge in [0.15, 0.2) is 0 Å². The summed E-state index contributed by atoms with van der Waals surface area (Å²) in [5.74, 6) is 0. The molecule has 0 saturated carbocycles. The van der Waals surface area contributed by atoms with Crippen LogP contribution in [-0.2, 0) is 10.8 Å². The second kappa shape index (κ2) is 11.8. The van der Waals surface area contributed by atoms with Gasteiger partial charge in [-0.25, -0.2) is 4.98 Å². The third kappa shape index (κ3) is 4.53. The minimum atomic E-state index is -0.148. The second-order valence-electron chi connectivity index (χ2n) is 17.2. The molecule has 3 nitrogen and oxygen atoms in total. The second-order valence-corrected chi connectivity index (χ2v) is 17.2. The SMILES string of the molecule is CC1(C)c2cc(-c3ccc(-c4nc5ccccn5c4-c4ccccc4)cc3)ccc2-c2cc3c(cc21)-c1ccc(-n2c4ccccc4c4ccccc42)cc1C3(C)C. The molecule has 0 spiro atoms. The molecule has 2 aliphatic rings. The molecule has 0 amide bonds. The van der Waals surface area contributed by atoms with Crippen molar-refractivity contribution in [1.29, 1.82) is 0 Å². The minimum Gasteiger partial charge on any atom is -0.309 e. The van der Waals surface area contributed by atoms with E-state index in [1.807, 2.05) is 0 Å². The van der Waals surface area contributed by atoms with Crippen LogP contribution in [0.5, 0.6) is 0 Å². The van der Waals surface area contributed by atoms with Crippen molar-refractivity contribution in [1.82, 2.24) is 14.0 Å². The Morgan fingerprint density at radius 1 is 0.414 bits per heavy atom. The summed E-state index contributed by atoms with van der Waals surface area (Å²) in [6.45, 7) is 9.61. The molecule has 0 aliphatic heterocycles. The van der Waals surface area contributed by atoms with Gasteiger partial charge in [0.05, 0.1) is 22.4 Å². The van der Waals surface area contributed by atoms with E-state index in [-0.39, 0.29) is 10.8 Å². The van der Waals surface area contributed by atoms with E-state index in [0.29, 0.717) is 0 Å². The average Bonchev–Trinajstić information content (AvgIpc) is 3.94. The summed E-state index contributed by atoms with van der Waals surface area (Å²) in [7, 11) is 0. The van der Waals surface area contributed by atoms with Gasteiger partial charge in [0.1, 0.15) is 5.65 Å². The van der Waals surface area contributed by atoms with Crippen LogP contribution in [0.15, 0.2) is 176 Å². The van der Waals surface area contributed by atoms with Crippen LogP contribution < -0.4 is 0 Å². The monoisotopic (exact) mass is 743 g/mol. The predicted molar refractivity (Wildman–Crippen MR) is 241 cm³/mol. The molecule has 0 saturated heterocycles. The topological polar surface area (TPSA) is 22.2 Å². The zero-order chi connectivity index (χ0) is 38.9. The van der Waals surface area contributed by atoms with E-state index in [1.54, 1.807) is 0 Å². The van der Waals surface area contributed by atoms with Crippen LogP contribution in [0, 0.1) is 0 Å². The summed E-state index contributed by atoms with van der Waals surface area (Å²) in [4.78, 5) is 5.10. The van der Waals surface area contributed by atoms with Gasteiger partial charge in [-0.15, -0.1) is 0 Å². The molecule has 0 N–H and O–H groups in total. The molecule has 3 aromatic heterocycles. The lowest BCUT2D eigenvalue weighted by Crippen LogP contribution is -2.17. The van der Waals surface area contributed by atoms with E-state index < -0.39 is 0 Å². The number of para-hydroxylation sites is 2. The van der Waals surface area contributed by atoms with Crippen molar-refractivity contribution in [2.45, 2.75) is 38.5 Å². The third-order valence-corrected chi connectivity index (χ3v) is 13.4. The average molecular weight is 744 g/mol. The number of fused-ring (bicyclic) bond motifs is 10. The maximum absolute atomic E-state index is 5.10. The van der Waals surface area contributed by atoms with E-state index in [2.05, 4.69) is 213 Å². The Bertz CT molecular complexity index is 3270. The lowest BCUT2D eigenvalue weighted by atomic mass is 9.79. The minimum absolute atomic E-state index is 0.146. The Labute approximate surface area is 338 Å². The van der Waals surface area contributed by atoms with Crippen LogP contribution in [-0.4, -0.2) is 14.0 Å². The number of hydrogen-bond donors (Lipinski definition) is 0. The first-order valence-electron chi connectivity index (χ1n) is 20.4. The van der Waals surface area contributed by atoms with E-state index in [0.717, 1.165) is 28.2 Å². The molecule has 7 aromatic carbocycles. The molecule has 58 heavy (non-hydrogen) atoms. The maximum Gasteiger partial charge on any atom is 0.137 e. The van der Waals surface area contributed by atoms with Crippen molar-refractivity contribution < 1.29 is 0 Å². The highest BCUT2D eigenvalue weighted by Gasteiger charge is 2.42. The van der Waals surface area contributed by atoms with E-state index >= 15 is 0 Å². The fourth-order valence-corrected chi connectivity index (χ4v) is 10.4. The quantitative estimate of drug-likeness (QED) is 0.176. The number of aromatic nitrogens is 3. The van der Waals surface area contributed by atoms with Gasteiger partial charge >= 0.3 is 0 Å². The first-order valence-corrected chi connectivity index (χ1v) is 20.4. The van der Waals surface area contributed by atoms with Gasteiger partial charge in [-0.1, -0.05) is 143 Å². The summed E-state index contributed by atoms with van der Waals surface area (Å²) in [5.41, 5.74) is 22.2. The van der Waals surface area contributed by atoms with Gasteiger partial charge in [-0.05, 0) is 110 Å². The van der Waals surface area contributed by atoms with Crippen LogP contribution in [0.2, 0.25) is 0 Å². The standard InChI is InChI=1S/C55H41N3/c1-54(2)45-30-37(34-21-23-35(24-22-34)52-53(36-14-6-5-7-15-36)57-29-13-12-20-51(57)56-52)25-27-39(45)43-32-48-44(33-47(43)54)40-28-26-38(31-46(40)55(48,3)4)58-49-18-10-8-16-41(49)42-17-9-11-19-50(42)58/h5-33H,1-4H3. The zero-order valence-corrected chi connectivity index (χ0v) is 33.1. The largest absolute Gasteiger partial charge is 0.309 e. The molecule has 0 atom stereocenters. The van der Waals surface area contributed by atoms with Crippen LogP contribution >= 0.6 is 0 Å². The Hall–Kier alpha value is -6.97. The molecule has 3 heterocycles. The molecule has 3 heteroatoms. The summed E-state index contributed by atoms with van der Waals surface area (Å²) < 4.78 is 4.63. The Kier molecular flexibility index (Phi) is 6.74. The maximum atomic E-state index is 5.10. The normalized spacial score (nSPS) is 14.5. The van der Waals surface area contributed by atoms with Crippen molar-refractivity contribution in [3.05, 3.63) is 198 Å². The van der Waals surface area contributed by atoms with E-state index in [4.69, 9.17) is 4.98 Å². The molecule has 2 aliphatic carbocycles. The van der Waals surface area contributed by atoms with Crippen molar-refractivity contribution in [3.63, 3.8) is 0 Å². The molecule has 0 bridgehead atoms. The number of nitrogens with zero attached hydrogens (tertiary/aromatic N) is 3. The number of hydrogen-bond acceptors (Lipinski definition) is 1. The van der Waals surface area contributed by atoms with E-state index in [9.17, 15) is 0 Å². The molecule has 12 rings (SSSR count). The molecule has 276 valence electrons. The highest BCUT2D eigenvalue weighted by atomic mass is 15.0. The molecular formula is C55H41N3. The highest BCUT2D eigenvalue weighted by Crippen LogP contribution is 2.57. The summed E-state index contributed by atoms with van der Waals surface area (Å²) >= 11 is 0. The van der Waals surface area contributed by atoms with Gasteiger partial charge in [-0.3, -0.25) is 4.40 Å². The van der Waals surface area contributed by atoms with Crippen molar-refractivity contribution in [3.8, 4) is 61.6 Å². The van der Waals surface area contributed by atoms with Crippen molar-refractivity contribution >= 4 is 27.5 Å². The summed E-state index contributed by atoms with van der Waals surface area (Å²) in [6.07, 6.45) is 2.10. The van der Waals surface area contributed by atoms with Gasteiger partial charge in [0.25, 0.3) is 0 Å².